The highest BCUT2D eigenvalue weighted by Gasteiger charge is 2.16. The summed E-state index contributed by atoms with van der Waals surface area (Å²) in [4.78, 5) is 9.09. The highest BCUT2D eigenvalue weighted by atomic mass is 32.2. The van der Waals surface area contributed by atoms with Gasteiger partial charge in [0.25, 0.3) is 0 Å². The number of pyridine rings is 1. The fourth-order valence-corrected chi connectivity index (χ4v) is 3.23. The Balaban J connectivity index is 1.95. The van der Waals surface area contributed by atoms with Crippen LogP contribution in [0.2, 0.25) is 0 Å². The molecular formula is C13H17N5S. The SMILES string of the molecule is Cc1nc(Sc2nc3c(cc2CN)CCCC3)n[nH]1. The summed E-state index contributed by atoms with van der Waals surface area (Å²) >= 11 is 1.49. The van der Waals surface area contributed by atoms with Gasteiger partial charge in [0.15, 0.2) is 0 Å². The van der Waals surface area contributed by atoms with Crippen LogP contribution in [-0.4, -0.2) is 20.2 Å². The summed E-state index contributed by atoms with van der Waals surface area (Å²) < 4.78 is 0. The van der Waals surface area contributed by atoms with Crippen LogP contribution in [0.5, 0.6) is 0 Å². The highest BCUT2D eigenvalue weighted by Crippen LogP contribution is 2.30. The maximum Gasteiger partial charge on any atom is 0.214 e. The zero-order valence-electron chi connectivity index (χ0n) is 10.9. The molecule has 2 heterocycles. The summed E-state index contributed by atoms with van der Waals surface area (Å²) in [6, 6.07) is 2.21. The second kappa shape index (κ2) is 5.30. The number of H-pyrrole nitrogens is 1. The average Bonchev–Trinajstić information content (AvgIpc) is 2.83. The minimum absolute atomic E-state index is 0.506. The molecule has 0 aliphatic heterocycles. The minimum Gasteiger partial charge on any atom is -0.326 e. The third-order valence-electron chi connectivity index (χ3n) is 3.32. The van der Waals surface area contributed by atoms with E-state index in [1.807, 2.05) is 6.92 Å². The molecule has 0 unspecified atom stereocenters. The van der Waals surface area contributed by atoms with Gasteiger partial charge in [-0.05, 0) is 55.5 Å². The summed E-state index contributed by atoms with van der Waals surface area (Å²) in [5.74, 6) is 0.815. The van der Waals surface area contributed by atoms with Crippen molar-refractivity contribution in [1.29, 1.82) is 0 Å². The number of aryl methyl sites for hydroxylation is 3. The van der Waals surface area contributed by atoms with Crippen molar-refractivity contribution in [2.45, 2.75) is 49.3 Å². The monoisotopic (exact) mass is 275 g/mol. The molecule has 0 amide bonds. The van der Waals surface area contributed by atoms with Crippen LogP contribution in [0.3, 0.4) is 0 Å². The molecule has 3 rings (SSSR count). The van der Waals surface area contributed by atoms with Crippen LogP contribution in [0, 0.1) is 6.92 Å². The van der Waals surface area contributed by atoms with Crippen molar-refractivity contribution >= 4 is 11.8 Å². The molecule has 19 heavy (non-hydrogen) atoms. The summed E-state index contributed by atoms with van der Waals surface area (Å²) in [5.41, 5.74) is 9.52. The Morgan fingerprint density at radius 2 is 2.16 bits per heavy atom. The Bertz CT molecular complexity index is 593. The van der Waals surface area contributed by atoms with Gasteiger partial charge in [-0.1, -0.05) is 6.07 Å². The second-order valence-corrected chi connectivity index (χ2v) is 5.73. The van der Waals surface area contributed by atoms with E-state index in [-0.39, 0.29) is 0 Å². The number of hydrogen-bond acceptors (Lipinski definition) is 5. The predicted octanol–water partition coefficient (Wildman–Crippen LogP) is 2.00. The number of aromatic amines is 1. The molecule has 100 valence electrons. The van der Waals surface area contributed by atoms with Crippen LogP contribution in [0.1, 0.15) is 35.5 Å². The number of nitrogens with zero attached hydrogens (tertiary/aromatic N) is 3. The molecule has 0 spiro atoms. The Kier molecular flexibility index (Phi) is 3.52. The lowest BCUT2D eigenvalue weighted by molar-refractivity contribution is 0.656. The van der Waals surface area contributed by atoms with Crippen LogP contribution in [0.4, 0.5) is 0 Å². The van der Waals surface area contributed by atoms with Gasteiger partial charge in [0.05, 0.1) is 0 Å². The summed E-state index contributed by atoms with van der Waals surface area (Å²) in [6.45, 7) is 2.40. The first-order valence-corrected chi connectivity index (χ1v) is 7.36. The number of nitrogens with two attached hydrogens (primary N) is 1. The summed E-state index contributed by atoms with van der Waals surface area (Å²) in [5, 5.41) is 8.64. The minimum atomic E-state index is 0.506. The fourth-order valence-electron chi connectivity index (χ4n) is 2.35. The van der Waals surface area contributed by atoms with Crippen LogP contribution in [0.25, 0.3) is 0 Å². The van der Waals surface area contributed by atoms with Crippen LogP contribution >= 0.6 is 11.8 Å². The molecule has 0 fully saturated rings. The number of nitrogens with one attached hydrogen (secondary N) is 1. The molecule has 3 N–H and O–H groups in total. The Morgan fingerprint density at radius 3 is 2.89 bits per heavy atom. The van der Waals surface area contributed by atoms with Gasteiger partial charge in [-0.25, -0.2) is 9.97 Å². The van der Waals surface area contributed by atoms with Gasteiger partial charge < -0.3 is 5.73 Å². The number of hydrogen-bond donors (Lipinski definition) is 2. The van der Waals surface area contributed by atoms with E-state index in [9.17, 15) is 0 Å². The lowest BCUT2D eigenvalue weighted by Gasteiger charge is -2.17. The Morgan fingerprint density at radius 1 is 1.32 bits per heavy atom. The first kappa shape index (κ1) is 12.6. The molecule has 5 nitrogen and oxygen atoms in total. The molecule has 1 aliphatic rings. The second-order valence-electron chi connectivity index (χ2n) is 4.78. The standard InChI is InChI=1S/C13H17N5S/c1-8-15-13(18-17-8)19-12-10(7-14)6-9-4-2-3-5-11(9)16-12/h6H,2-5,7,14H2,1H3,(H,15,17,18). The first-order chi connectivity index (χ1) is 9.26. The molecule has 2 aromatic rings. The number of rotatable bonds is 3. The molecule has 1 aliphatic carbocycles. The summed E-state index contributed by atoms with van der Waals surface area (Å²) in [7, 11) is 0. The fraction of sp³-hybridized carbons (Fsp3) is 0.462. The van der Waals surface area contributed by atoms with E-state index in [0.29, 0.717) is 11.7 Å². The quantitative estimate of drug-likeness (QED) is 0.895. The van der Waals surface area contributed by atoms with E-state index >= 15 is 0 Å². The van der Waals surface area contributed by atoms with Gasteiger partial charge in [-0.3, -0.25) is 5.10 Å². The van der Waals surface area contributed by atoms with E-state index in [0.717, 1.165) is 29.3 Å². The van der Waals surface area contributed by atoms with Crippen molar-refractivity contribution in [3.05, 3.63) is 28.7 Å². The number of fused-ring (bicyclic) bond motifs is 1. The van der Waals surface area contributed by atoms with E-state index in [1.165, 1.54) is 35.9 Å². The van der Waals surface area contributed by atoms with Crippen molar-refractivity contribution in [1.82, 2.24) is 20.2 Å². The smallest absolute Gasteiger partial charge is 0.214 e. The molecule has 6 heteroatoms. The lowest BCUT2D eigenvalue weighted by Crippen LogP contribution is -2.10. The van der Waals surface area contributed by atoms with Crippen LogP contribution in [0.15, 0.2) is 16.2 Å². The van der Waals surface area contributed by atoms with Gasteiger partial charge in [-0.15, -0.1) is 5.10 Å². The topological polar surface area (TPSA) is 80.5 Å². The van der Waals surface area contributed by atoms with Crippen molar-refractivity contribution in [3.8, 4) is 0 Å². The van der Waals surface area contributed by atoms with Crippen molar-refractivity contribution in [2.75, 3.05) is 0 Å². The first-order valence-electron chi connectivity index (χ1n) is 6.55. The van der Waals surface area contributed by atoms with Crippen molar-refractivity contribution in [3.63, 3.8) is 0 Å². The van der Waals surface area contributed by atoms with E-state index in [4.69, 9.17) is 10.7 Å². The lowest BCUT2D eigenvalue weighted by atomic mass is 9.95. The molecule has 0 bridgehead atoms. The molecule has 0 radical (unpaired) electrons. The van der Waals surface area contributed by atoms with Crippen LogP contribution in [-0.2, 0) is 19.4 Å². The Hall–Kier alpha value is -1.40. The molecule has 0 aromatic carbocycles. The van der Waals surface area contributed by atoms with Gasteiger partial charge in [-0.2, -0.15) is 0 Å². The van der Waals surface area contributed by atoms with Crippen molar-refractivity contribution < 1.29 is 0 Å². The van der Waals surface area contributed by atoms with E-state index < -0.39 is 0 Å². The predicted molar refractivity (Wildman–Crippen MR) is 74.0 cm³/mol. The molecule has 0 atom stereocenters. The maximum absolute atomic E-state index is 5.84. The molecule has 2 aromatic heterocycles. The molecule has 0 saturated carbocycles. The molecule has 0 saturated heterocycles. The Labute approximate surface area is 116 Å². The highest BCUT2D eigenvalue weighted by molar-refractivity contribution is 7.99. The largest absolute Gasteiger partial charge is 0.326 e. The number of aromatic nitrogens is 4. The summed E-state index contributed by atoms with van der Waals surface area (Å²) in [6.07, 6.45) is 4.68. The maximum atomic E-state index is 5.84. The van der Waals surface area contributed by atoms with Gasteiger partial charge in [0.1, 0.15) is 10.9 Å². The van der Waals surface area contributed by atoms with Crippen LogP contribution < -0.4 is 5.73 Å². The van der Waals surface area contributed by atoms with E-state index in [2.05, 4.69) is 21.2 Å². The average molecular weight is 275 g/mol. The zero-order valence-corrected chi connectivity index (χ0v) is 11.8. The normalized spacial score (nSPS) is 14.4. The van der Waals surface area contributed by atoms with Gasteiger partial charge in [0, 0.05) is 12.2 Å². The zero-order chi connectivity index (χ0) is 13.2. The van der Waals surface area contributed by atoms with Gasteiger partial charge >= 0.3 is 0 Å². The third kappa shape index (κ3) is 2.64. The van der Waals surface area contributed by atoms with Crippen molar-refractivity contribution in [2.24, 2.45) is 5.73 Å². The van der Waals surface area contributed by atoms with E-state index in [1.54, 1.807) is 0 Å². The molecular weight excluding hydrogens is 258 g/mol. The third-order valence-corrected chi connectivity index (χ3v) is 4.24. The van der Waals surface area contributed by atoms with Gasteiger partial charge in [0.2, 0.25) is 5.16 Å².